The number of nitrogens with one attached hydrogen (secondary N) is 1. The second-order valence-electron chi connectivity index (χ2n) is 4.30. The van der Waals surface area contributed by atoms with Crippen LogP contribution >= 0.6 is 0 Å². The fourth-order valence-corrected chi connectivity index (χ4v) is 1.81. The van der Waals surface area contributed by atoms with Gasteiger partial charge in [0, 0.05) is 18.2 Å². The first kappa shape index (κ1) is 10.7. The van der Waals surface area contributed by atoms with Crippen molar-refractivity contribution in [3.05, 3.63) is 23.7 Å². The molecule has 0 saturated heterocycles. The van der Waals surface area contributed by atoms with Gasteiger partial charge in [-0.3, -0.25) is 4.90 Å². The minimum Gasteiger partial charge on any atom is -0.468 e. The predicted octanol–water partition coefficient (Wildman–Crippen LogP) is 1.98. The highest BCUT2D eigenvalue weighted by molar-refractivity contribution is 5.17. The van der Waals surface area contributed by atoms with E-state index < -0.39 is 0 Å². The monoisotopic (exact) mass is 208 g/mol. The van der Waals surface area contributed by atoms with E-state index in [2.05, 4.69) is 30.3 Å². The Morgan fingerprint density at radius 1 is 1.53 bits per heavy atom. The van der Waals surface area contributed by atoms with E-state index in [-0.39, 0.29) is 0 Å². The Balaban J connectivity index is 1.91. The maximum absolute atomic E-state index is 5.48. The van der Waals surface area contributed by atoms with Crippen LogP contribution in [0.25, 0.3) is 0 Å². The number of hydrogen-bond donors (Lipinski definition) is 1. The summed E-state index contributed by atoms with van der Waals surface area (Å²) in [5, 5.41) is 3.30. The Hall–Kier alpha value is -0.800. The number of rotatable bonds is 6. The van der Waals surface area contributed by atoms with E-state index in [0.717, 1.165) is 31.4 Å². The van der Waals surface area contributed by atoms with Gasteiger partial charge in [0.05, 0.1) is 12.8 Å². The van der Waals surface area contributed by atoms with E-state index in [4.69, 9.17) is 4.42 Å². The summed E-state index contributed by atoms with van der Waals surface area (Å²) in [6.07, 6.45) is 4.51. The van der Waals surface area contributed by atoms with E-state index >= 15 is 0 Å². The maximum atomic E-state index is 5.48. The normalized spacial score (nSPS) is 16.2. The molecule has 1 aromatic heterocycles. The summed E-state index contributed by atoms with van der Waals surface area (Å²) in [4.78, 5) is 2.42. The van der Waals surface area contributed by atoms with Crippen LogP contribution < -0.4 is 5.32 Å². The second kappa shape index (κ2) is 4.81. The lowest BCUT2D eigenvalue weighted by atomic mass is 10.2. The molecule has 3 heteroatoms. The van der Waals surface area contributed by atoms with Gasteiger partial charge in [-0.05, 0) is 32.5 Å². The SMILES string of the molecule is CCNCc1occc1CN(C)C1CC1. The summed E-state index contributed by atoms with van der Waals surface area (Å²) < 4.78 is 5.48. The second-order valence-corrected chi connectivity index (χ2v) is 4.30. The van der Waals surface area contributed by atoms with Crippen LogP contribution in [0, 0.1) is 0 Å². The van der Waals surface area contributed by atoms with Crippen molar-refractivity contribution < 1.29 is 4.42 Å². The van der Waals surface area contributed by atoms with E-state index in [1.54, 1.807) is 6.26 Å². The molecule has 1 saturated carbocycles. The standard InChI is InChI=1S/C12H20N2O/c1-3-13-8-12-10(6-7-15-12)9-14(2)11-4-5-11/h6-7,11,13H,3-5,8-9H2,1-2H3. The first-order valence-electron chi connectivity index (χ1n) is 5.77. The van der Waals surface area contributed by atoms with Crippen molar-refractivity contribution in [3.63, 3.8) is 0 Å². The van der Waals surface area contributed by atoms with Crippen molar-refractivity contribution in [2.75, 3.05) is 13.6 Å². The summed E-state index contributed by atoms with van der Waals surface area (Å²) in [5.41, 5.74) is 1.32. The first-order valence-corrected chi connectivity index (χ1v) is 5.77. The molecule has 1 aromatic rings. The molecule has 1 fully saturated rings. The molecule has 15 heavy (non-hydrogen) atoms. The largest absolute Gasteiger partial charge is 0.468 e. The minimum absolute atomic E-state index is 0.812. The van der Waals surface area contributed by atoms with Gasteiger partial charge >= 0.3 is 0 Å². The molecule has 2 rings (SSSR count). The molecule has 0 atom stereocenters. The minimum atomic E-state index is 0.812. The maximum Gasteiger partial charge on any atom is 0.122 e. The molecule has 0 amide bonds. The highest BCUT2D eigenvalue weighted by Crippen LogP contribution is 2.27. The van der Waals surface area contributed by atoms with Gasteiger partial charge in [0.2, 0.25) is 0 Å². The summed E-state index contributed by atoms with van der Waals surface area (Å²) in [7, 11) is 2.20. The van der Waals surface area contributed by atoms with Gasteiger partial charge in [0.1, 0.15) is 5.76 Å². The Bertz CT molecular complexity index is 304. The van der Waals surface area contributed by atoms with Gasteiger partial charge in [-0.25, -0.2) is 0 Å². The van der Waals surface area contributed by atoms with Crippen molar-refractivity contribution >= 4 is 0 Å². The predicted molar refractivity (Wildman–Crippen MR) is 60.6 cm³/mol. The third-order valence-corrected chi connectivity index (χ3v) is 2.96. The van der Waals surface area contributed by atoms with Gasteiger partial charge in [-0.1, -0.05) is 6.92 Å². The molecular formula is C12H20N2O. The van der Waals surface area contributed by atoms with Crippen molar-refractivity contribution in [1.82, 2.24) is 10.2 Å². The summed E-state index contributed by atoms with van der Waals surface area (Å²) in [5.74, 6) is 1.09. The molecule has 0 aromatic carbocycles. The molecule has 1 aliphatic rings. The molecule has 0 radical (unpaired) electrons. The number of furan rings is 1. The molecule has 1 N–H and O–H groups in total. The van der Waals surface area contributed by atoms with E-state index in [1.165, 1.54) is 18.4 Å². The van der Waals surface area contributed by atoms with Gasteiger partial charge in [0.25, 0.3) is 0 Å². The smallest absolute Gasteiger partial charge is 0.122 e. The van der Waals surface area contributed by atoms with E-state index in [1.807, 2.05) is 0 Å². The average Bonchev–Trinajstić information content (AvgIpc) is 2.99. The number of hydrogen-bond acceptors (Lipinski definition) is 3. The highest BCUT2D eigenvalue weighted by Gasteiger charge is 2.26. The van der Waals surface area contributed by atoms with Gasteiger partial charge in [-0.2, -0.15) is 0 Å². The van der Waals surface area contributed by atoms with Crippen molar-refractivity contribution in [1.29, 1.82) is 0 Å². The highest BCUT2D eigenvalue weighted by atomic mass is 16.3. The summed E-state index contributed by atoms with van der Waals surface area (Å²) >= 11 is 0. The molecular weight excluding hydrogens is 188 g/mol. The van der Waals surface area contributed by atoms with Crippen LogP contribution in [0.1, 0.15) is 31.1 Å². The zero-order chi connectivity index (χ0) is 10.7. The molecule has 0 unspecified atom stereocenters. The molecule has 0 bridgehead atoms. The number of nitrogens with zero attached hydrogens (tertiary/aromatic N) is 1. The molecule has 1 heterocycles. The lowest BCUT2D eigenvalue weighted by Gasteiger charge is -2.15. The summed E-state index contributed by atoms with van der Waals surface area (Å²) in [6.45, 7) is 4.96. The third kappa shape index (κ3) is 2.83. The van der Waals surface area contributed by atoms with Gasteiger partial charge in [0.15, 0.2) is 0 Å². The van der Waals surface area contributed by atoms with Crippen LogP contribution in [0.2, 0.25) is 0 Å². The van der Waals surface area contributed by atoms with Crippen molar-refractivity contribution in [2.45, 2.75) is 38.9 Å². The van der Waals surface area contributed by atoms with Crippen LogP contribution in [-0.2, 0) is 13.1 Å². The van der Waals surface area contributed by atoms with Crippen molar-refractivity contribution in [2.24, 2.45) is 0 Å². The molecule has 84 valence electrons. The third-order valence-electron chi connectivity index (χ3n) is 2.96. The first-order chi connectivity index (χ1) is 7.31. The average molecular weight is 208 g/mol. The van der Waals surface area contributed by atoms with Crippen LogP contribution in [0.4, 0.5) is 0 Å². The van der Waals surface area contributed by atoms with Gasteiger partial charge < -0.3 is 9.73 Å². The fourth-order valence-electron chi connectivity index (χ4n) is 1.81. The zero-order valence-corrected chi connectivity index (χ0v) is 9.62. The fraction of sp³-hybridized carbons (Fsp3) is 0.667. The lowest BCUT2D eigenvalue weighted by Crippen LogP contribution is -2.21. The Morgan fingerprint density at radius 2 is 2.33 bits per heavy atom. The molecule has 0 spiro atoms. The van der Waals surface area contributed by atoms with Crippen LogP contribution in [0.3, 0.4) is 0 Å². The van der Waals surface area contributed by atoms with Crippen LogP contribution in [0.5, 0.6) is 0 Å². The molecule has 1 aliphatic carbocycles. The molecule has 0 aliphatic heterocycles. The lowest BCUT2D eigenvalue weighted by molar-refractivity contribution is 0.312. The van der Waals surface area contributed by atoms with Gasteiger partial charge in [-0.15, -0.1) is 0 Å². The quantitative estimate of drug-likeness (QED) is 0.775. The molecule has 3 nitrogen and oxygen atoms in total. The Morgan fingerprint density at radius 3 is 3.00 bits per heavy atom. The van der Waals surface area contributed by atoms with Crippen LogP contribution in [0.15, 0.2) is 16.7 Å². The van der Waals surface area contributed by atoms with Crippen LogP contribution in [-0.4, -0.2) is 24.5 Å². The van der Waals surface area contributed by atoms with E-state index in [9.17, 15) is 0 Å². The summed E-state index contributed by atoms with van der Waals surface area (Å²) in [6, 6.07) is 2.90. The zero-order valence-electron chi connectivity index (χ0n) is 9.62. The van der Waals surface area contributed by atoms with E-state index in [0.29, 0.717) is 0 Å². The topological polar surface area (TPSA) is 28.4 Å². The Kier molecular flexibility index (Phi) is 3.44. The van der Waals surface area contributed by atoms with Crippen molar-refractivity contribution in [3.8, 4) is 0 Å². The Labute approximate surface area is 91.4 Å².